The molecule has 0 aliphatic carbocycles. The van der Waals surface area contributed by atoms with Crippen molar-refractivity contribution < 1.29 is 47.8 Å². The number of carbonyl (C=O) groups is 7. The molecule has 0 heterocycles. The Morgan fingerprint density at radius 1 is 0.587 bits per heavy atom. The van der Waals surface area contributed by atoms with Gasteiger partial charge in [-0.2, -0.15) is 0 Å². The molecule has 3 amide bonds. The molecule has 0 saturated heterocycles. The first kappa shape index (κ1) is 51.8. The Morgan fingerprint density at radius 3 is 1.29 bits per heavy atom. The summed E-state index contributed by atoms with van der Waals surface area (Å²) >= 11 is 25.3. The number of hydrogen-bond acceptors (Lipinski definition) is 11. The molecule has 14 nitrogen and oxygen atoms in total. The summed E-state index contributed by atoms with van der Waals surface area (Å²) in [6, 6.07) is 23.1. The van der Waals surface area contributed by atoms with Gasteiger partial charge in [0.25, 0.3) is 11.8 Å². The summed E-state index contributed by atoms with van der Waals surface area (Å²) in [5, 5.41) is 7.92. The number of nitrogens with two attached hydrogens (primary N) is 1. The summed E-state index contributed by atoms with van der Waals surface area (Å²) < 4.78 is 14.5. The summed E-state index contributed by atoms with van der Waals surface area (Å²) in [4.78, 5) is 85.1. The van der Waals surface area contributed by atoms with E-state index < -0.39 is 47.5 Å². The molecule has 4 rings (SSSR count). The van der Waals surface area contributed by atoms with Crippen LogP contribution < -0.4 is 21.7 Å². The second-order valence-corrected chi connectivity index (χ2v) is 16.3. The Morgan fingerprint density at radius 2 is 0.952 bits per heavy atom. The van der Waals surface area contributed by atoms with Gasteiger partial charge in [0.1, 0.15) is 23.5 Å². The summed E-state index contributed by atoms with van der Waals surface area (Å²) in [5.74, 6) is -3.32. The van der Waals surface area contributed by atoms with E-state index in [2.05, 4.69) is 16.0 Å². The van der Waals surface area contributed by atoms with E-state index in [1.165, 1.54) is 14.2 Å². The first-order chi connectivity index (χ1) is 29.8. The molecule has 0 fully saturated rings. The molecule has 0 aliphatic rings. The van der Waals surface area contributed by atoms with Crippen LogP contribution in [-0.4, -0.2) is 86.4 Å². The van der Waals surface area contributed by atoms with E-state index in [1.807, 2.05) is 60.7 Å². The molecule has 0 unspecified atom stereocenters. The molecule has 5 N–H and O–H groups in total. The molecule has 0 radical (unpaired) electrons. The van der Waals surface area contributed by atoms with Gasteiger partial charge in [0, 0.05) is 12.8 Å². The van der Waals surface area contributed by atoms with E-state index in [0.717, 1.165) is 22.3 Å². The summed E-state index contributed by atoms with van der Waals surface area (Å²) in [5.41, 5.74) is 7.86. The van der Waals surface area contributed by atoms with Gasteiger partial charge in [0.2, 0.25) is 0 Å². The van der Waals surface area contributed by atoms with E-state index in [9.17, 15) is 33.6 Å². The van der Waals surface area contributed by atoms with Crippen molar-refractivity contribution in [1.29, 1.82) is 0 Å². The van der Waals surface area contributed by atoms with Crippen molar-refractivity contribution in [3.63, 3.8) is 0 Å². The van der Waals surface area contributed by atoms with Crippen LogP contribution in [0.2, 0.25) is 20.1 Å². The number of amides is 3. The minimum Gasteiger partial charge on any atom is -0.467 e. The number of carbonyl (C=O) groups excluding carboxylic acids is 7. The minimum atomic E-state index is -1.13. The molecule has 4 aromatic rings. The van der Waals surface area contributed by atoms with Crippen molar-refractivity contribution in [3.8, 4) is 22.3 Å². The Bertz CT molecular complexity index is 2230. The highest BCUT2D eigenvalue weighted by molar-refractivity contribution is 6.41. The third kappa shape index (κ3) is 16.6. The van der Waals surface area contributed by atoms with Gasteiger partial charge >= 0.3 is 18.0 Å². The molecule has 18 heteroatoms. The van der Waals surface area contributed by atoms with Crippen LogP contribution in [0.5, 0.6) is 0 Å². The van der Waals surface area contributed by atoms with Gasteiger partial charge in [0.15, 0.2) is 5.78 Å². The number of Topliss-reactive ketones (excluding diaryl/α,β-unsaturated/α-hetero) is 2. The van der Waals surface area contributed by atoms with Crippen molar-refractivity contribution in [2.75, 3.05) is 27.3 Å². The van der Waals surface area contributed by atoms with Crippen LogP contribution in [0.25, 0.3) is 22.3 Å². The van der Waals surface area contributed by atoms with Crippen molar-refractivity contribution in [3.05, 3.63) is 116 Å². The van der Waals surface area contributed by atoms with Gasteiger partial charge < -0.3 is 35.9 Å². The fraction of sp³-hybridized carbons (Fsp3) is 0.311. The topological polar surface area (TPSA) is 209 Å². The average molecular weight is 947 g/mol. The normalized spacial score (nSPS) is 11.7. The van der Waals surface area contributed by atoms with Gasteiger partial charge in [-0.1, -0.05) is 107 Å². The number of halogens is 4. The summed E-state index contributed by atoms with van der Waals surface area (Å²) in [6.07, 6.45) is -0.794. The summed E-state index contributed by atoms with van der Waals surface area (Å²) in [6.45, 7) is 4.68. The smallest absolute Gasteiger partial charge is 0.408 e. The first-order valence-electron chi connectivity index (χ1n) is 19.3. The van der Waals surface area contributed by atoms with Crippen LogP contribution in [0.3, 0.4) is 0 Å². The molecule has 0 aliphatic heterocycles. The maximum Gasteiger partial charge on any atom is 0.408 e. The third-order valence-electron chi connectivity index (χ3n) is 8.81. The molecule has 63 heavy (non-hydrogen) atoms. The van der Waals surface area contributed by atoms with Crippen LogP contribution in [-0.2, 0) is 33.4 Å². The monoisotopic (exact) mass is 944 g/mol. The molecular formula is C45H48Cl4N4O10. The second kappa shape index (κ2) is 25.0. The van der Waals surface area contributed by atoms with Crippen LogP contribution in [0.1, 0.15) is 67.2 Å². The largest absolute Gasteiger partial charge is 0.467 e. The van der Waals surface area contributed by atoms with Gasteiger partial charge in [-0.25, -0.2) is 14.4 Å². The van der Waals surface area contributed by atoms with Crippen LogP contribution in [0.4, 0.5) is 4.79 Å². The minimum absolute atomic E-state index is 0.000151. The zero-order valence-electron chi connectivity index (χ0n) is 35.2. The molecule has 2 atom stereocenters. The molecule has 0 saturated carbocycles. The number of alkyl carbamates (subject to hydrolysis) is 1. The number of benzene rings is 4. The lowest BCUT2D eigenvalue weighted by molar-refractivity contribution is -0.144. The predicted molar refractivity (Wildman–Crippen MR) is 242 cm³/mol. The van der Waals surface area contributed by atoms with E-state index in [0.29, 0.717) is 0 Å². The molecular weight excluding hydrogens is 898 g/mol. The Kier molecular flexibility index (Phi) is 20.5. The zero-order chi connectivity index (χ0) is 46.9. The lowest BCUT2D eigenvalue weighted by Crippen LogP contribution is -2.42. The maximum absolute atomic E-state index is 12.9. The van der Waals surface area contributed by atoms with Gasteiger partial charge in [0.05, 0.1) is 58.5 Å². The van der Waals surface area contributed by atoms with Crippen molar-refractivity contribution >= 4 is 87.8 Å². The van der Waals surface area contributed by atoms with E-state index in [4.69, 9.17) is 66.3 Å². The predicted octanol–water partition coefficient (Wildman–Crippen LogP) is 8.05. The van der Waals surface area contributed by atoms with E-state index in [1.54, 1.807) is 45.0 Å². The lowest BCUT2D eigenvalue weighted by Gasteiger charge is -2.20. The standard InChI is InChI=1S/C25H28Cl2N2O6.C20H20Cl2N2O4/c1-25(2,3)35-24(33)28-14-17(30)10-11-20(23(32)34-4)29-22(31)21-18(26)12-16(13-19(21)27)15-8-6-5-7-9-15;1-28-20(27)17(8-7-14(25)11-23)24-19(26)18-15(21)9-13(10-16(18)22)12-5-3-2-4-6-12/h5-9,12-13,20H,10-11,14H2,1-4H3,(H,28,33)(H,29,31);2-6,9-10,17H,7-8,11,23H2,1H3,(H,24,26)/t20-;17-/m00/s1. The van der Waals surface area contributed by atoms with Crippen molar-refractivity contribution in [1.82, 2.24) is 16.0 Å². The molecule has 0 spiro atoms. The van der Waals surface area contributed by atoms with E-state index >= 15 is 0 Å². The van der Waals surface area contributed by atoms with Gasteiger partial charge in [-0.05, 0) is 80.1 Å². The molecule has 0 aromatic heterocycles. The number of rotatable bonds is 17. The number of esters is 2. The molecule has 0 bridgehead atoms. The maximum atomic E-state index is 12.9. The highest BCUT2D eigenvalue weighted by atomic mass is 35.5. The summed E-state index contributed by atoms with van der Waals surface area (Å²) in [7, 11) is 2.36. The highest BCUT2D eigenvalue weighted by Crippen LogP contribution is 2.33. The lowest BCUT2D eigenvalue weighted by atomic mass is 10.0. The van der Waals surface area contributed by atoms with E-state index in [-0.39, 0.29) is 81.6 Å². The number of methoxy groups -OCH3 is 2. The second-order valence-electron chi connectivity index (χ2n) is 14.7. The highest BCUT2D eigenvalue weighted by Gasteiger charge is 2.28. The van der Waals surface area contributed by atoms with Crippen molar-refractivity contribution in [2.24, 2.45) is 5.73 Å². The van der Waals surface area contributed by atoms with Crippen LogP contribution in [0, 0.1) is 0 Å². The van der Waals surface area contributed by atoms with Crippen molar-refractivity contribution in [2.45, 2.75) is 64.1 Å². The van der Waals surface area contributed by atoms with Gasteiger partial charge in [-0.3, -0.25) is 19.2 Å². The number of nitrogens with one attached hydrogen (secondary N) is 3. The fourth-order valence-corrected chi connectivity index (χ4v) is 7.02. The SMILES string of the molecule is COC(=O)[C@H](CCC(=O)CN)NC(=O)c1c(Cl)cc(-c2ccccc2)cc1Cl.COC(=O)[C@H](CCC(=O)CNC(=O)OC(C)(C)C)NC(=O)c1c(Cl)cc(-c2ccccc2)cc1Cl. The Labute approximate surface area is 385 Å². The Balaban J connectivity index is 0.000000344. The number of ether oxygens (including phenoxy) is 3. The quantitative estimate of drug-likeness (QED) is 0.0588. The fourth-order valence-electron chi connectivity index (χ4n) is 5.70. The molecule has 336 valence electrons. The first-order valence-corrected chi connectivity index (χ1v) is 20.9. The Hall–Kier alpha value is -5.51. The number of ketones is 2. The average Bonchev–Trinajstić information content (AvgIpc) is 3.24. The zero-order valence-corrected chi connectivity index (χ0v) is 38.2. The number of hydrogen-bond donors (Lipinski definition) is 4. The molecule has 4 aromatic carbocycles. The van der Waals surface area contributed by atoms with Gasteiger partial charge in [-0.15, -0.1) is 0 Å². The third-order valence-corrected chi connectivity index (χ3v) is 10.0. The van der Waals surface area contributed by atoms with Crippen LogP contribution >= 0.6 is 46.4 Å². The van der Waals surface area contributed by atoms with Crippen LogP contribution in [0.15, 0.2) is 84.9 Å².